The zero-order chi connectivity index (χ0) is 8.85. The minimum absolute atomic E-state index is 0.0162. The average Bonchev–Trinajstić information content (AvgIpc) is 1.84. The average molecular weight is 160 g/mol. The molecule has 1 atom stereocenters. The summed E-state index contributed by atoms with van der Waals surface area (Å²) in [5.74, 6) is -0.810. The molecule has 0 aliphatic carbocycles. The topological polar surface area (TPSA) is 63.3 Å². The molecule has 3 nitrogen and oxygen atoms in total. The lowest BCUT2D eigenvalue weighted by Crippen LogP contribution is -2.16. The summed E-state index contributed by atoms with van der Waals surface area (Å²) in [4.78, 5) is 10.3. The number of allylic oxidation sites excluding steroid dienone is 1. The molecule has 0 heterocycles. The van der Waals surface area contributed by atoms with E-state index in [4.69, 9.17) is 10.8 Å². The highest BCUT2D eigenvalue weighted by molar-refractivity contribution is 5.67. The first-order valence-electron chi connectivity index (χ1n) is 3.63. The van der Waals surface area contributed by atoms with Crippen LogP contribution in [0.25, 0.3) is 0 Å². The van der Waals surface area contributed by atoms with Gasteiger partial charge >= 0.3 is 5.97 Å². The summed E-state index contributed by atoms with van der Waals surface area (Å²) in [6.07, 6.45) is 2.02. The Balaban J connectivity index is 3.96. The van der Waals surface area contributed by atoms with E-state index in [1.807, 2.05) is 19.9 Å². The fourth-order valence-corrected chi connectivity index (χ4v) is 0.906. The van der Waals surface area contributed by atoms with Crippen LogP contribution < -0.4 is 5.73 Å². The predicted molar refractivity (Wildman–Crippen MR) is 44.2 cm³/mol. The molecule has 1 unspecified atom stereocenters. The van der Waals surface area contributed by atoms with Crippen molar-refractivity contribution in [1.82, 2.24) is 0 Å². The number of hydrogen-bond acceptors (Lipinski definition) is 2. The molecule has 0 aromatic heterocycles. The van der Waals surface area contributed by atoms with Gasteiger partial charge in [-0.15, -0.1) is 0 Å². The Morgan fingerprint density at radius 3 is 2.45 bits per heavy atom. The van der Waals surface area contributed by atoms with Crippen molar-refractivity contribution < 1.29 is 9.90 Å². The Morgan fingerprint density at radius 2 is 2.18 bits per heavy atom. The number of rotatable bonds is 4. The van der Waals surface area contributed by atoms with Crippen LogP contribution in [0.5, 0.6) is 0 Å². The monoisotopic (exact) mass is 160 g/mol. The lowest BCUT2D eigenvalue weighted by molar-refractivity contribution is -0.137. The Morgan fingerprint density at radius 1 is 1.64 bits per heavy atom. The molecule has 0 saturated carbocycles. The molecule has 0 bridgehead atoms. The summed E-state index contributed by atoms with van der Waals surface area (Å²) >= 11 is 0. The lowest BCUT2D eigenvalue weighted by atomic mass is 10.2. The molecule has 0 radical (unpaired) electrons. The second-order valence-electron chi connectivity index (χ2n) is 2.84. The van der Waals surface area contributed by atoms with E-state index in [-0.39, 0.29) is 12.3 Å². The molecule has 0 aliphatic heterocycles. The fourth-order valence-electron chi connectivity index (χ4n) is 0.906. The molecule has 11 heavy (non-hydrogen) atoms. The van der Waals surface area contributed by atoms with Gasteiger partial charge < -0.3 is 10.8 Å². The van der Waals surface area contributed by atoms with Gasteiger partial charge in [0.2, 0.25) is 0 Å². The summed E-state index contributed by atoms with van der Waals surface area (Å²) < 4.78 is 0. The number of nitrogens with two attached hydrogens (primary N) is 1. The molecule has 0 spiro atoms. The van der Waals surface area contributed by atoms with Gasteiger partial charge in [-0.05, 0) is 26.3 Å². The third-order valence-corrected chi connectivity index (χ3v) is 1.31. The molecule has 3 heteroatoms. The third kappa shape index (κ3) is 5.61. The Hall–Kier alpha value is -0.830. The summed E-state index contributed by atoms with van der Waals surface area (Å²) in [7, 11) is 0. The maximum atomic E-state index is 10.3. The highest BCUT2D eigenvalue weighted by Crippen LogP contribution is 2.06. The van der Waals surface area contributed by atoms with E-state index >= 15 is 0 Å². The molecule has 3 N–H and O–H groups in total. The summed E-state index contributed by atoms with van der Waals surface area (Å²) in [6.45, 7) is 4.27. The highest BCUT2D eigenvalue weighted by Gasteiger charge is 2.07. The van der Waals surface area contributed by atoms with Crippen molar-refractivity contribution in [2.45, 2.75) is 20.3 Å². The maximum Gasteiger partial charge on any atom is 0.303 e. The summed E-state index contributed by atoms with van der Waals surface area (Å²) in [6, 6.07) is 0. The molecule has 0 rings (SSSR count). The normalized spacial score (nSPS) is 12.3. The van der Waals surface area contributed by atoms with E-state index in [1.165, 1.54) is 0 Å². The van der Waals surface area contributed by atoms with E-state index < -0.39 is 5.97 Å². The Kier molecular flexibility index (Phi) is 4.54. The molecular formula is C8H15NO2. The maximum absolute atomic E-state index is 10.3. The van der Waals surface area contributed by atoms with Crippen molar-refractivity contribution in [1.29, 1.82) is 0 Å². The molecule has 0 saturated heterocycles. The molecule has 0 aromatic rings. The molecule has 0 fully saturated rings. The van der Waals surface area contributed by atoms with Crippen LogP contribution in [0.1, 0.15) is 20.3 Å². The molecule has 64 valence electrons. The SMILES string of the molecule is CC(C)=CC([13CH2]N)[13CH2][13C](=O)O. The second kappa shape index (κ2) is 4.91. The molecule has 0 aromatic carbocycles. The van der Waals surface area contributed by atoms with Crippen LogP contribution in [0.3, 0.4) is 0 Å². The first-order chi connectivity index (χ1) is 5.06. The van der Waals surface area contributed by atoms with Crippen molar-refractivity contribution in [2.24, 2.45) is 11.7 Å². The van der Waals surface area contributed by atoms with E-state index in [0.717, 1.165) is 5.57 Å². The van der Waals surface area contributed by atoms with Gasteiger partial charge in [0.15, 0.2) is 0 Å². The van der Waals surface area contributed by atoms with Gasteiger partial charge in [-0.2, -0.15) is 0 Å². The number of hydrogen-bond donors (Lipinski definition) is 2. The first kappa shape index (κ1) is 10.2. The fraction of sp³-hybridized carbons (Fsp3) is 0.625. The number of carboxylic acid groups (broad SMARTS) is 1. The van der Waals surface area contributed by atoms with Gasteiger partial charge in [-0.3, -0.25) is 4.79 Å². The zero-order valence-electron chi connectivity index (χ0n) is 7.00. The zero-order valence-corrected chi connectivity index (χ0v) is 7.00. The van der Waals surface area contributed by atoms with Crippen molar-refractivity contribution in [3.05, 3.63) is 11.6 Å². The number of aliphatic carboxylic acids is 1. The van der Waals surface area contributed by atoms with Crippen molar-refractivity contribution >= 4 is 5.97 Å². The quantitative estimate of drug-likeness (QED) is 0.476. The largest absolute Gasteiger partial charge is 0.481 e. The van der Waals surface area contributed by atoms with E-state index in [2.05, 4.69) is 0 Å². The standard InChI is InChI=1S/C8H15NO2/c1-6(2)3-7(5-9)4-8(10)11/h3,7H,4-5,9H2,1-2H3,(H,10,11)/i4+1,5+1,8+1. The van der Waals surface area contributed by atoms with Crippen molar-refractivity contribution in [3.8, 4) is 0 Å². The Bertz CT molecular complexity index is 159. The van der Waals surface area contributed by atoms with E-state index in [1.54, 1.807) is 0 Å². The summed E-state index contributed by atoms with van der Waals surface area (Å²) in [5, 5.41) is 8.44. The van der Waals surface area contributed by atoms with E-state index in [9.17, 15) is 4.79 Å². The van der Waals surface area contributed by atoms with Crippen LogP contribution in [0, 0.1) is 5.92 Å². The van der Waals surface area contributed by atoms with Crippen LogP contribution in [-0.2, 0) is 4.79 Å². The van der Waals surface area contributed by atoms with Gasteiger partial charge in [0, 0.05) is 0 Å². The van der Waals surface area contributed by atoms with Crippen molar-refractivity contribution in [2.75, 3.05) is 6.54 Å². The minimum atomic E-state index is -0.794. The number of carboxylic acids is 1. The second-order valence-corrected chi connectivity index (χ2v) is 2.84. The van der Waals surface area contributed by atoms with Crippen molar-refractivity contribution in [3.63, 3.8) is 0 Å². The Labute approximate surface area is 66.9 Å². The highest BCUT2D eigenvalue weighted by atomic mass is 16.5. The van der Waals surface area contributed by atoms with Gasteiger partial charge in [-0.25, -0.2) is 0 Å². The van der Waals surface area contributed by atoms with Crippen LogP contribution >= 0.6 is 0 Å². The van der Waals surface area contributed by atoms with Crippen LogP contribution in [-0.4, -0.2) is 17.6 Å². The first-order valence-corrected chi connectivity index (χ1v) is 3.63. The van der Waals surface area contributed by atoms with Crippen LogP contribution in [0.15, 0.2) is 11.6 Å². The van der Waals surface area contributed by atoms with Gasteiger partial charge in [0.1, 0.15) is 0 Å². The third-order valence-electron chi connectivity index (χ3n) is 1.31. The lowest BCUT2D eigenvalue weighted by Gasteiger charge is -2.06. The molecule has 0 amide bonds. The predicted octanol–water partition coefficient (Wildman–Crippen LogP) is 1.00. The summed E-state index contributed by atoms with van der Waals surface area (Å²) in [5.41, 5.74) is 6.47. The number of carbonyl (C=O) groups is 1. The minimum Gasteiger partial charge on any atom is -0.481 e. The van der Waals surface area contributed by atoms with Gasteiger partial charge in [0.05, 0.1) is 6.42 Å². The molecule has 0 aliphatic rings. The van der Waals surface area contributed by atoms with Crippen LogP contribution in [0.2, 0.25) is 0 Å². The molecular weight excluding hydrogens is 145 g/mol. The smallest absolute Gasteiger partial charge is 0.303 e. The van der Waals surface area contributed by atoms with Gasteiger partial charge in [-0.1, -0.05) is 11.6 Å². The van der Waals surface area contributed by atoms with Gasteiger partial charge in [0.25, 0.3) is 0 Å². The van der Waals surface area contributed by atoms with Crippen LogP contribution in [0.4, 0.5) is 0 Å². The van der Waals surface area contributed by atoms with E-state index in [0.29, 0.717) is 6.54 Å².